The van der Waals surface area contributed by atoms with Gasteiger partial charge in [-0.05, 0) is 43.2 Å². The second-order valence-corrected chi connectivity index (χ2v) is 6.56. The first kappa shape index (κ1) is 19.7. The fourth-order valence-corrected chi connectivity index (χ4v) is 2.75. The van der Waals surface area contributed by atoms with Crippen molar-refractivity contribution < 1.29 is 9.18 Å². The summed E-state index contributed by atoms with van der Waals surface area (Å²) in [7, 11) is 0. The normalized spacial score (nSPS) is 11.7. The first-order valence-electron chi connectivity index (χ1n) is 8.11. The second kappa shape index (κ2) is 10.4. The average Bonchev–Trinajstić information content (AvgIpc) is 2.61. The van der Waals surface area contributed by atoms with Crippen LogP contribution in [0.15, 0.2) is 58.6 Å². The number of primary amides is 1. The number of thioether (sulfide) groups is 1. The Kier molecular flexibility index (Phi) is 7.82. The molecular weight excluding hydrogens is 351 g/mol. The van der Waals surface area contributed by atoms with Gasteiger partial charge in [0.15, 0.2) is 5.17 Å². The van der Waals surface area contributed by atoms with Crippen molar-refractivity contribution in [1.29, 1.82) is 0 Å². The summed E-state index contributed by atoms with van der Waals surface area (Å²) in [5.41, 5.74) is 10.8. The Morgan fingerprint density at radius 1 is 1.27 bits per heavy atom. The molecule has 0 aliphatic rings. The molecule has 0 heterocycles. The molecule has 0 atom stereocenters. The highest BCUT2D eigenvalue weighted by atomic mass is 32.2. The van der Waals surface area contributed by atoms with E-state index in [0.717, 1.165) is 16.8 Å². The topological polar surface area (TPSA) is 79.8 Å². The molecule has 0 aromatic heterocycles. The summed E-state index contributed by atoms with van der Waals surface area (Å²) >= 11 is 1.41. The van der Waals surface area contributed by atoms with Crippen LogP contribution in [0.2, 0.25) is 0 Å². The standard InChI is InChI=1S/C19H21FN4OS/c1-14-7-9-17(10-8-14)23-19(24-22-11-3-6-18(21)25)26-13-15-4-2-5-16(20)12-15/h2,4-5,7-12H,3,6,13H2,1H3,(H2,21,25)(H,23,24)/b22-11+. The van der Waals surface area contributed by atoms with Crippen LogP contribution in [0.1, 0.15) is 24.0 Å². The number of carbonyl (C=O) groups is 1. The minimum Gasteiger partial charge on any atom is -0.370 e. The lowest BCUT2D eigenvalue weighted by atomic mass is 10.2. The Balaban J connectivity index is 2.04. The summed E-state index contributed by atoms with van der Waals surface area (Å²) in [4.78, 5) is 15.3. The summed E-state index contributed by atoms with van der Waals surface area (Å²) < 4.78 is 13.3. The van der Waals surface area contributed by atoms with E-state index in [0.29, 0.717) is 17.3 Å². The molecule has 7 heteroatoms. The minimum atomic E-state index is -0.370. The fraction of sp³-hybridized carbons (Fsp3) is 0.211. The lowest BCUT2D eigenvalue weighted by Crippen LogP contribution is -2.15. The van der Waals surface area contributed by atoms with Gasteiger partial charge >= 0.3 is 0 Å². The Hall–Kier alpha value is -2.67. The van der Waals surface area contributed by atoms with E-state index in [2.05, 4.69) is 15.5 Å². The number of aliphatic imine (C=N–C) groups is 1. The number of hydrazone groups is 1. The van der Waals surface area contributed by atoms with E-state index in [1.165, 1.54) is 23.9 Å². The highest BCUT2D eigenvalue weighted by Gasteiger charge is 2.03. The van der Waals surface area contributed by atoms with Gasteiger partial charge < -0.3 is 5.73 Å². The van der Waals surface area contributed by atoms with Crippen molar-refractivity contribution in [2.75, 3.05) is 0 Å². The van der Waals surface area contributed by atoms with Crippen LogP contribution in [0.4, 0.5) is 10.1 Å². The monoisotopic (exact) mass is 372 g/mol. The van der Waals surface area contributed by atoms with E-state index < -0.39 is 0 Å². The molecule has 26 heavy (non-hydrogen) atoms. The molecule has 0 unspecified atom stereocenters. The van der Waals surface area contributed by atoms with Gasteiger partial charge in [-0.1, -0.05) is 41.6 Å². The number of nitrogens with one attached hydrogen (secondary N) is 1. The van der Waals surface area contributed by atoms with Crippen molar-refractivity contribution in [3.63, 3.8) is 0 Å². The second-order valence-electron chi connectivity index (χ2n) is 5.60. The maximum Gasteiger partial charge on any atom is 0.217 e. The van der Waals surface area contributed by atoms with Crippen LogP contribution in [0, 0.1) is 12.7 Å². The third-order valence-electron chi connectivity index (χ3n) is 3.30. The SMILES string of the molecule is Cc1ccc(N=C(N/N=C/CCC(N)=O)SCc2cccc(F)c2)cc1. The van der Waals surface area contributed by atoms with Crippen molar-refractivity contribution in [3.05, 3.63) is 65.5 Å². The first-order chi connectivity index (χ1) is 12.5. The van der Waals surface area contributed by atoms with Gasteiger partial charge in [0.1, 0.15) is 5.82 Å². The molecule has 0 spiro atoms. The van der Waals surface area contributed by atoms with Gasteiger partial charge in [-0.25, -0.2) is 9.38 Å². The molecule has 5 nitrogen and oxygen atoms in total. The summed E-state index contributed by atoms with van der Waals surface area (Å²) in [5, 5.41) is 4.66. The highest BCUT2D eigenvalue weighted by molar-refractivity contribution is 8.13. The Morgan fingerprint density at radius 3 is 2.73 bits per heavy atom. The molecule has 0 bridgehead atoms. The number of hydrogen-bond donors (Lipinski definition) is 2. The number of aryl methyl sites for hydroxylation is 1. The largest absolute Gasteiger partial charge is 0.370 e. The summed E-state index contributed by atoms with van der Waals surface area (Å²) in [5.74, 6) is -0.0882. The van der Waals surface area contributed by atoms with Crippen LogP contribution in [0.25, 0.3) is 0 Å². The number of carbonyl (C=O) groups excluding carboxylic acids is 1. The predicted octanol–water partition coefficient (Wildman–Crippen LogP) is 3.90. The van der Waals surface area contributed by atoms with E-state index in [-0.39, 0.29) is 18.1 Å². The summed E-state index contributed by atoms with van der Waals surface area (Å²) in [6.45, 7) is 2.01. The van der Waals surface area contributed by atoms with Gasteiger partial charge in [-0.3, -0.25) is 10.2 Å². The first-order valence-corrected chi connectivity index (χ1v) is 9.10. The molecule has 0 aliphatic heterocycles. The molecule has 0 aliphatic carbocycles. The van der Waals surface area contributed by atoms with Gasteiger partial charge in [0.2, 0.25) is 5.91 Å². The zero-order valence-corrected chi connectivity index (χ0v) is 15.3. The number of halogens is 1. The van der Waals surface area contributed by atoms with E-state index in [4.69, 9.17) is 5.73 Å². The molecule has 0 saturated heterocycles. The maximum atomic E-state index is 13.3. The zero-order chi connectivity index (χ0) is 18.8. The number of nitrogens with zero attached hydrogens (tertiary/aromatic N) is 2. The van der Waals surface area contributed by atoms with Crippen LogP contribution in [-0.4, -0.2) is 17.3 Å². The average molecular weight is 372 g/mol. The number of benzene rings is 2. The number of amidine groups is 1. The van der Waals surface area contributed by atoms with Gasteiger partial charge in [0.05, 0.1) is 5.69 Å². The third kappa shape index (κ3) is 7.48. The van der Waals surface area contributed by atoms with Crippen LogP contribution in [-0.2, 0) is 10.5 Å². The van der Waals surface area contributed by atoms with E-state index in [1.54, 1.807) is 12.3 Å². The van der Waals surface area contributed by atoms with E-state index in [1.807, 2.05) is 37.3 Å². The minimum absolute atomic E-state index is 0.242. The molecule has 3 N–H and O–H groups in total. The number of hydrogen-bond acceptors (Lipinski definition) is 4. The predicted molar refractivity (Wildman–Crippen MR) is 106 cm³/mol. The smallest absolute Gasteiger partial charge is 0.217 e. The molecule has 1 amide bonds. The molecule has 0 radical (unpaired) electrons. The van der Waals surface area contributed by atoms with E-state index >= 15 is 0 Å². The molecule has 2 aromatic rings. The van der Waals surface area contributed by atoms with Crippen molar-refractivity contribution in [2.24, 2.45) is 15.8 Å². The van der Waals surface area contributed by atoms with Crippen molar-refractivity contribution in [2.45, 2.75) is 25.5 Å². The zero-order valence-electron chi connectivity index (χ0n) is 14.5. The van der Waals surface area contributed by atoms with Crippen LogP contribution >= 0.6 is 11.8 Å². The molecular formula is C19H21FN4OS. The lowest BCUT2D eigenvalue weighted by molar-refractivity contribution is -0.117. The number of nitrogens with two attached hydrogens (primary N) is 1. The fourth-order valence-electron chi connectivity index (χ4n) is 1.98. The van der Waals surface area contributed by atoms with Crippen LogP contribution in [0.5, 0.6) is 0 Å². The van der Waals surface area contributed by atoms with Gasteiger partial charge in [0, 0.05) is 18.4 Å². The third-order valence-corrected chi connectivity index (χ3v) is 4.23. The molecule has 136 valence electrons. The summed E-state index contributed by atoms with van der Waals surface area (Å²) in [6, 6.07) is 14.2. The molecule has 0 fully saturated rings. The number of amides is 1. The Labute approximate surface area is 156 Å². The highest BCUT2D eigenvalue weighted by Crippen LogP contribution is 2.19. The Bertz CT molecular complexity index is 790. The lowest BCUT2D eigenvalue weighted by Gasteiger charge is -2.06. The van der Waals surface area contributed by atoms with Crippen LogP contribution < -0.4 is 11.2 Å². The maximum absolute atomic E-state index is 13.3. The van der Waals surface area contributed by atoms with Crippen molar-refractivity contribution in [3.8, 4) is 0 Å². The van der Waals surface area contributed by atoms with Gasteiger partial charge in [0.25, 0.3) is 0 Å². The van der Waals surface area contributed by atoms with E-state index in [9.17, 15) is 9.18 Å². The quantitative estimate of drug-likeness (QED) is 0.439. The summed E-state index contributed by atoms with van der Waals surface area (Å²) in [6.07, 6.45) is 2.28. The van der Waals surface area contributed by atoms with Crippen molar-refractivity contribution >= 4 is 34.7 Å². The molecule has 2 rings (SSSR count). The number of rotatable bonds is 7. The molecule has 0 saturated carbocycles. The molecule has 2 aromatic carbocycles. The van der Waals surface area contributed by atoms with Crippen LogP contribution in [0.3, 0.4) is 0 Å². The Morgan fingerprint density at radius 2 is 2.04 bits per heavy atom. The van der Waals surface area contributed by atoms with Gasteiger partial charge in [-0.2, -0.15) is 5.10 Å². The van der Waals surface area contributed by atoms with Gasteiger partial charge in [-0.15, -0.1) is 0 Å². The van der Waals surface area contributed by atoms with Crippen molar-refractivity contribution in [1.82, 2.24) is 5.43 Å².